The van der Waals surface area contributed by atoms with Crippen molar-refractivity contribution in [2.45, 2.75) is 9.79 Å². The molecule has 0 spiro atoms. The van der Waals surface area contributed by atoms with Crippen LogP contribution in [0.1, 0.15) is 15.9 Å². The number of benzene rings is 3. The number of hydrogen-bond donors (Lipinski definition) is 1. The average Bonchev–Trinajstić information content (AvgIpc) is 2.75. The first-order valence-corrected chi connectivity index (χ1v) is 10.7. The maximum atomic E-state index is 14.0. The lowest BCUT2D eigenvalue weighted by Gasteiger charge is -2.18. The van der Waals surface area contributed by atoms with Crippen LogP contribution in [0.4, 0.5) is 15.8 Å². The van der Waals surface area contributed by atoms with E-state index in [2.05, 4.69) is 17.4 Å². The molecule has 0 radical (unpaired) electrons. The summed E-state index contributed by atoms with van der Waals surface area (Å²) in [5.74, 6) is -1.06. The van der Waals surface area contributed by atoms with Crippen molar-refractivity contribution in [3.63, 3.8) is 0 Å². The Kier molecular flexibility index (Phi) is 6.81. The molecule has 0 bridgehead atoms. The van der Waals surface area contributed by atoms with Gasteiger partial charge >= 0.3 is 0 Å². The summed E-state index contributed by atoms with van der Waals surface area (Å²) in [6, 6.07) is 21.2. The highest BCUT2D eigenvalue weighted by Gasteiger charge is 2.12. The van der Waals surface area contributed by atoms with Crippen LogP contribution < -0.4 is 9.62 Å². The van der Waals surface area contributed by atoms with Gasteiger partial charge in [0.2, 0.25) is 0 Å². The van der Waals surface area contributed by atoms with E-state index in [-0.39, 0.29) is 11.3 Å². The summed E-state index contributed by atoms with van der Waals surface area (Å²) in [6.45, 7) is 0. The molecule has 3 aromatic rings. The molecule has 7 heteroatoms. The zero-order chi connectivity index (χ0) is 20.8. The summed E-state index contributed by atoms with van der Waals surface area (Å²) in [6.07, 6.45) is 2.04. The summed E-state index contributed by atoms with van der Waals surface area (Å²) in [7, 11) is 1.96. The number of halogens is 1. The predicted octanol–water partition coefficient (Wildman–Crippen LogP) is 5.82. The van der Waals surface area contributed by atoms with Gasteiger partial charge in [-0.15, -0.1) is 11.8 Å². The molecule has 0 aromatic heterocycles. The molecule has 3 aromatic carbocycles. The van der Waals surface area contributed by atoms with Gasteiger partial charge in [0.25, 0.3) is 5.91 Å². The van der Waals surface area contributed by atoms with Gasteiger partial charge in [0.1, 0.15) is 5.82 Å². The number of carbonyl (C=O) groups is 1. The summed E-state index contributed by atoms with van der Waals surface area (Å²) < 4.78 is 16.0. The zero-order valence-corrected chi connectivity index (χ0v) is 17.5. The quantitative estimate of drug-likeness (QED) is 0.400. The molecule has 146 valence electrons. The van der Waals surface area contributed by atoms with Crippen molar-refractivity contribution >= 4 is 41.0 Å². The fraction of sp³-hybridized carbons (Fsp3) is 0.0909. The van der Waals surface area contributed by atoms with E-state index in [1.54, 1.807) is 30.0 Å². The van der Waals surface area contributed by atoms with Gasteiger partial charge in [-0.1, -0.05) is 6.07 Å². The maximum Gasteiger partial charge on any atom is 0.255 e. The normalized spacial score (nSPS) is 10.3. The van der Waals surface area contributed by atoms with Crippen LogP contribution in [-0.4, -0.2) is 19.2 Å². The van der Waals surface area contributed by atoms with E-state index in [0.717, 1.165) is 16.6 Å². The van der Waals surface area contributed by atoms with E-state index in [1.165, 1.54) is 29.0 Å². The average molecular weight is 424 g/mol. The van der Waals surface area contributed by atoms with Gasteiger partial charge in [0.15, 0.2) is 0 Å². The molecule has 29 heavy (non-hydrogen) atoms. The smallest absolute Gasteiger partial charge is 0.255 e. The number of nitrogens with zero attached hydrogens (tertiary/aromatic N) is 2. The van der Waals surface area contributed by atoms with E-state index in [4.69, 9.17) is 5.26 Å². The third kappa shape index (κ3) is 5.31. The van der Waals surface area contributed by atoms with Crippen LogP contribution in [0.15, 0.2) is 76.5 Å². The minimum atomic E-state index is -0.642. The van der Waals surface area contributed by atoms with Gasteiger partial charge in [-0.2, -0.15) is 5.26 Å². The molecule has 0 saturated heterocycles. The van der Waals surface area contributed by atoms with Crippen LogP contribution in [-0.2, 0) is 0 Å². The number of thioether (sulfide) groups is 1. The van der Waals surface area contributed by atoms with E-state index >= 15 is 0 Å². The predicted molar refractivity (Wildman–Crippen MR) is 118 cm³/mol. The molecule has 0 aliphatic rings. The monoisotopic (exact) mass is 423 g/mol. The number of carbonyl (C=O) groups excluding carboxylic acids is 1. The maximum absolute atomic E-state index is 14.0. The Labute approximate surface area is 177 Å². The molecule has 0 fully saturated rings. The Morgan fingerprint density at radius 2 is 1.83 bits per heavy atom. The Hall–Kier alpha value is -2.95. The SMILES string of the molecule is CSc1ccc(N(C)Sc2cccc(C(=O)Nc3ccc(C#N)cc3F)c2)cc1. The third-order valence-electron chi connectivity index (χ3n) is 4.12. The van der Waals surface area contributed by atoms with Crippen molar-refractivity contribution in [2.24, 2.45) is 0 Å². The van der Waals surface area contributed by atoms with Gasteiger partial charge in [-0.25, -0.2) is 4.39 Å². The Balaban J connectivity index is 1.71. The summed E-state index contributed by atoms with van der Waals surface area (Å²) in [4.78, 5) is 14.6. The van der Waals surface area contributed by atoms with E-state index in [9.17, 15) is 9.18 Å². The summed E-state index contributed by atoms with van der Waals surface area (Å²) in [5, 5.41) is 11.4. The molecular formula is C22H18FN3OS2. The van der Waals surface area contributed by atoms with E-state index < -0.39 is 11.7 Å². The fourth-order valence-electron chi connectivity index (χ4n) is 2.58. The lowest BCUT2D eigenvalue weighted by molar-refractivity contribution is 0.102. The molecular weight excluding hydrogens is 405 g/mol. The van der Waals surface area contributed by atoms with Gasteiger partial charge in [0, 0.05) is 28.1 Å². The van der Waals surface area contributed by atoms with Gasteiger partial charge in [0.05, 0.1) is 17.3 Å². The van der Waals surface area contributed by atoms with Gasteiger partial charge in [-0.3, -0.25) is 4.79 Å². The first-order chi connectivity index (χ1) is 14.0. The fourth-order valence-corrected chi connectivity index (χ4v) is 3.85. The van der Waals surface area contributed by atoms with Crippen LogP contribution in [0.2, 0.25) is 0 Å². The number of nitriles is 1. The minimum Gasteiger partial charge on any atom is -0.319 e. The highest BCUT2D eigenvalue weighted by molar-refractivity contribution is 8.00. The topological polar surface area (TPSA) is 56.1 Å². The van der Waals surface area contributed by atoms with E-state index in [0.29, 0.717) is 5.56 Å². The Bertz CT molecular complexity index is 1060. The van der Waals surface area contributed by atoms with Crippen LogP contribution in [0.3, 0.4) is 0 Å². The first kappa shape index (κ1) is 20.8. The molecule has 0 aliphatic carbocycles. The van der Waals surface area contributed by atoms with Crippen LogP contribution in [0, 0.1) is 17.1 Å². The largest absolute Gasteiger partial charge is 0.319 e. The molecule has 1 amide bonds. The lowest BCUT2D eigenvalue weighted by atomic mass is 10.2. The zero-order valence-electron chi connectivity index (χ0n) is 15.8. The molecule has 3 rings (SSSR count). The second-order valence-electron chi connectivity index (χ2n) is 6.08. The molecule has 1 N–H and O–H groups in total. The minimum absolute atomic E-state index is 0.0399. The van der Waals surface area contributed by atoms with Crippen molar-refractivity contribution in [3.8, 4) is 6.07 Å². The lowest BCUT2D eigenvalue weighted by Crippen LogP contribution is -2.13. The summed E-state index contributed by atoms with van der Waals surface area (Å²) >= 11 is 3.18. The van der Waals surface area contributed by atoms with Crippen LogP contribution in [0.25, 0.3) is 0 Å². The van der Waals surface area contributed by atoms with Gasteiger partial charge in [-0.05, 0) is 78.9 Å². The Morgan fingerprint density at radius 3 is 2.48 bits per heavy atom. The van der Waals surface area contributed by atoms with Gasteiger partial charge < -0.3 is 9.62 Å². The standard InChI is InChI=1S/C22H18FN3OS2/c1-26(17-7-9-18(28-2)10-8-17)29-19-5-3-4-16(13-19)22(27)25-21-11-6-15(14-24)12-20(21)23/h3-13H,1-2H3,(H,25,27). The molecule has 0 unspecified atom stereocenters. The van der Waals surface area contributed by atoms with E-state index in [1.807, 2.05) is 41.9 Å². The molecule has 0 aliphatic heterocycles. The van der Waals surface area contributed by atoms with Crippen molar-refractivity contribution in [1.29, 1.82) is 5.26 Å². The van der Waals surface area contributed by atoms with Crippen molar-refractivity contribution in [1.82, 2.24) is 0 Å². The number of amides is 1. The van der Waals surface area contributed by atoms with Crippen molar-refractivity contribution in [2.75, 3.05) is 22.9 Å². The highest BCUT2D eigenvalue weighted by atomic mass is 32.2. The molecule has 0 atom stereocenters. The number of anilines is 2. The number of nitrogens with one attached hydrogen (secondary N) is 1. The second-order valence-corrected chi connectivity index (χ2v) is 8.16. The van der Waals surface area contributed by atoms with Crippen molar-refractivity contribution in [3.05, 3.63) is 83.7 Å². The Morgan fingerprint density at radius 1 is 1.07 bits per heavy atom. The second kappa shape index (κ2) is 9.50. The summed E-state index contributed by atoms with van der Waals surface area (Å²) in [5.41, 5.74) is 1.71. The molecule has 4 nitrogen and oxygen atoms in total. The van der Waals surface area contributed by atoms with Crippen LogP contribution in [0.5, 0.6) is 0 Å². The molecule has 0 saturated carbocycles. The highest BCUT2D eigenvalue weighted by Crippen LogP contribution is 2.29. The van der Waals surface area contributed by atoms with Crippen molar-refractivity contribution < 1.29 is 9.18 Å². The molecule has 0 heterocycles. The van der Waals surface area contributed by atoms with Crippen LogP contribution >= 0.6 is 23.7 Å². The first-order valence-electron chi connectivity index (χ1n) is 8.67. The third-order valence-corrected chi connectivity index (χ3v) is 5.81. The number of rotatable bonds is 6. The number of hydrogen-bond acceptors (Lipinski definition) is 5.